The molecule has 1 N–H and O–H groups in total. The molecule has 1 aromatic heterocycles. The van der Waals surface area contributed by atoms with Gasteiger partial charge in [-0.3, -0.25) is 4.79 Å². The number of aryl methyl sites for hydroxylation is 1. The number of carbonyl (C=O) groups is 2. The van der Waals surface area contributed by atoms with Crippen molar-refractivity contribution in [3.8, 4) is 11.1 Å². The van der Waals surface area contributed by atoms with Crippen molar-refractivity contribution in [2.45, 2.75) is 71.3 Å². The van der Waals surface area contributed by atoms with Gasteiger partial charge in [0.1, 0.15) is 5.60 Å². The number of amides is 1. The first kappa shape index (κ1) is 24.2. The van der Waals surface area contributed by atoms with Crippen molar-refractivity contribution in [2.75, 3.05) is 5.32 Å². The topological polar surface area (TPSA) is 55.4 Å². The zero-order valence-electron chi connectivity index (χ0n) is 20.4. The van der Waals surface area contributed by atoms with Gasteiger partial charge < -0.3 is 10.1 Å². The summed E-state index contributed by atoms with van der Waals surface area (Å²) in [5.41, 5.74) is 5.19. The number of carbonyl (C=O) groups excluding carboxylic acids is 2. The van der Waals surface area contributed by atoms with E-state index < -0.39 is 5.60 Å². The number of thiophene rings is 1. The Labute approximate surface area is 206 Å². The van der Waals surface area contributed by atoms with Gasteiger partial charge in [0.05, 0.1) is 5.56 Å². The molecule has 1 saturated carbocycles. The van der Waals surface area contributed by atoms with Gasteiger partial charge in [-0.05, 0) is 81.7 Å². The van der Waals surface area contributed by atoms with Crippen LogP contribution in [0.15, 0.2) is 53.2 Å². The Hall–Kier alpha value is -2.92. The van der Waals surface area contributed by atoms with Crippen LogP contribution in [0.5, 0.6) is 0 Å². The van der Waals surface area contributed by atoms with Gasteiger partial charge in [0.2, 0.25) is 0 Å². The van der Waals surface area contributed by atoms with Crippen LogP contribution in [0.25, 0.3) is 11.1 Å². The van der Waals surface area contributed by atoms with Gasteiger partial charge in [-0.1, -0.05) is 43.0 Å². The fourth-order valence-corrected chi connectivity index (χ4v) is 5.34. The number of hydrogen-bond donors (Lipinski definition) is 1. The zero-order valence-corrected chi connectivity index (χ0v) is 21.3. The van der Waals surface area contributed by atoms with Crippen LogP contribution in [0.3, 0.4) is 0 Å². The lowest BCUT2D eigenvalue weighted by molar-refractivity contribution is 0.00709. The fraction of sp³-hybridized carbons (Fsp3) is 0.379. The molecule has 0 saturated heterocycles. The normalized spacial score (nSPS) is 14.6. The fourth-order valence-electron chi connectivity index (χ4n) is 4.52. The third-order valence-electron chi connectivity index (χ3n) is 6.24. The summed E-state index contributed by atoms with van der Waals surface area (Å²) in [4.78, 5) is 25.9. The van der Waals surface area contributed by atoms with E-state index in [1.165, 1.54) is 49.0 Å². The SMILES string of the molecule is Cc1ccc(NC(=O)c2ccc(C3CCCCC3)cc2)c(-c2cscc2C(=O)OC(C)(C)C)c1. The molecule has 3 aromatic rings. The quantitative estimate of drug-likeness (QED) is 0.381. The van der Waals surface area contributed by atoms with Gasteiger partial charge in [0, 0.05) is 27.8 Å². The van der Waals surface area contributed by atoms with Gasteiger partial charge in [-0.25, -0.2) is 4.79 Å². The van der Waals surface area contributed by atoms with Crippen LogP contribution in [0.2, 0.25) is 0 Å². The van der Waals surface area contributed by atoms with E-state index >= 15 is 0 Å². The van der Waals surface area contributed by atoms with Crippen molar-refractivity contribution in [3.63, 3.8) is 0 Å². The largest absolute Gasteiger partial charge is 0.456 e. The van der Waals surface area contributed by atoms with E-state index in [1.807, 2.05) is 63.4 Å². The van der Waals surface area contributed by atoms with Crippen LogP contribution in [-0.4, -0.2) is 17.5 Å². The summed E-state index contributed by atoms with van der Waals surface area (Å²) in [7, 11) is 0. The molecule has 5 heteroatoms. The number of ether oxygens (including phenoxy) is 1. The maximum atomic E-state index is 13.1. The van der Waals surface area contributed by atoms with E-state index in [1.54, 1.807) is 5.38 Å². The third-order valence-corrected chi connectivity index (χ3v) is 6.99. The van der Waals surface area contributed by atoms with Crippen molar-refractivity contribution in [3.05, 3.63) is 75.5 Å². The first-order valence-corrected chi connectivity index (χ1v) is 13.0. The summed E-state index contributed by atoms with van der Waals surface area (Å²) >= 11 is 1.45. The van der Waals surface area contributed by atoms with Crippen LogP contribution in [0.1, 0.15) is 90.6 Å². The summed E-state index contributed by atoms with van der Waals surface area (Å²) in [6.45, 7) is 7.57. The van der Waals surface area contributed by atoms with E-state index in [9.17, 15) is 9.59 Å². The van der Waals surface area contributed by atoms with Crippen molar-refractivity contribution in [2.24, 2.45) is 0 Å². The molecule has 1 aliphatic carbocycles. The van der Waals surface area contributed by atoms with Gasteiger partial charge >= 0.3 is 5.97 Å². The minimum Gasteiger partial charge on any atom is -0.456 e. The Morgan fingerprint density at radius 3 is 2.32 bits per heavy atom. The average molecular weight is 476 g/mol. The van der Waals surface area contributed by atoms with Crippen LogP contribution in [0, 0.1) is 6.92 Å². The number of esters is 1. The predicted molar refractivity (Wildman–Crippen MR) is 140 cm³/mol. The molecule has 0 atom stereocenters. The second-order valence-electron chi connectivity index (χ2n) is 10.2. The van der Waals surface area contributed by atoms with Crippen LogP contribution in [0.4, 0.5) is 5.69 Å². The van der Waals surface area contributed by atoms with Crippen LogP contribution < -0.4 is 5.32 Å². The van der Waals surface area contributed by atoms with E-state index in [0.717, 1.165) is 16.7 Å². The number of hydrogen-bond acceptors (Lipinski definition) is 4. The number of benzene rings is 2. The molecular formula is C29H33NO3S. The van der Waals surface area contributed by atoms with Gasteiger partial charge in [0.25, 0.3) is 5.91 Å². The molecular weight excluding hydrogens is 442 g/mol. The minimum atomic E-state index is -0.580. The smallest absolute Gasteiger partial charge is 0.340 e. The highest BCUT2D eigenvalue weighted by Gasteiger charge is 2.23. The van der Waals surface area contributed by atoms with Crippen LogP contribution in [-0.2, 0) is 4.74 Å². The Morgan fingerprint density at radius 2 is 1.65 bits per heavy atom. The second-order valence-corrected chi connectivity index (χ2v) is 10.9. The zero-order chi connectivity index (χ0) is 24.3. The molecule has 2 aromatic carbocycles. The lowest BCUT2D eigenvalue weighted by atomic mass is 9.84. The maximum Gasteiger partial charge on any atom is 0.340 e. The first-order chi connectivity index (χ1) is 16.2. The predicted octanol–water partition coefficient (Wildman–Crippen LogP) is 7.98. The minimum absolute atomic E-state index is 0.158. The number of rotatable bonds is 5. The van der Waals surface area contributed by atoms with E-state index in [4.69, 9.17) is 4.74 Å². The second kappa shape index (κ2) is 10.1. The molecule has 0 aliphatic heterocycles. The molecule has 1 amide bonds. The molecule has 34 heavy (non-hydrogen) atoms. The van der Waals surface area contributed by atoms with Gasteiger partial charge in [-0.15, -0.1) is 0 Å². The molecule has 1 aliphatic rings. The summed E-state index contributed by atoms with van der Waals surface area (Å²) in [6, 6.07) is 13.9. The monoisotopic (exact) mass is 475 g/mol. The molecule has 4 nitrogen and oxygen atoms in total. The standard InChI is InChI=1S/C29H33NO3S/c1-19-10-15-26(23(16-19)24-17-34-18-25(24)28(32)33-29(2,3)4)30-27(31)22-13-11-21(12-14-22)20-8-6-5-7-9-20/h10-18,20H,5-9H2,1-4H3,(H,30,31). The maximum absolute atomic E-state index is 13.1. The Morgan fingerprint density at radius 1 is 0.941 bits per heavy atom. The highest BCUT2D eigenvalue weighted by atomic mass is 32.1. The lowest BCUT2D eigenvalue weighted by Crippen LogP contribution is -2.24. The molecule has 0 radical (unpaired) electrons. The summed E-state index contributed by atoms with van der Waals surface area (Å²) < 4.78 is 5.61. The third kappa shape index (κ3) is 5.76. The Bertz CT molecular complexity index is 1160. The van der Waals surface area contributed by atoms with Crippen LogP contribution >= 0.6 is 11.3 Å². The molecule has 4 rings (SSSR count). The summed E-state index contributed by atoms with van der Waals surface area (Å²) in [5, 5.41) is 6.81. The Kier molecular flexibility index (Phi) is 7.22. The van der Waals surface area contributed by atoms with E-state index in [-0.39, 0.29) is 11.9 Å². The Balaban J connectivity index is 1.57. The molecule has 1 heterocycles. The summed E-state index contributed by atoms with van der Waals surface area (Å²) in [5.74, 6) is 0.0922. The van der Waals surface area contributed by atoms with Crippen molar-refractivity contribution in [1.29, 1.82) is 0 Å². The van der Waals surface area contributed by atoms with E-state index in [2.05, 4.69) is 17.4 Å². The van der Waals surface area contributed by atoms with Crippen molar-refractivity contribution < 1.29 is 14.3 Å². The molecule has 178 valence electrons. The average Bonchev–Trinajstić information content (AvgIpc) is 3.30. The van der Waals surface area contributed by atoms with Crippen molar-refractivity contribution >= 4 is 28.9 Å². The molecule has 0 unspecified atom stereocenters. The highest BCUT2D eigenvalue weighted by Crippen LogP contribution is 2.36. The summed E-state index contributed by atoms with van der Waals surface area (Å²) in [6.07, 6.45) is 6.38. The molecule has 0 bridgehead atoms. The molecule has 1 fully saturated rings. The lowest BCUT2D eigenvalue weighted by Gasteiger charge is -2.22. The highest BCUT2D eigenvalue weighted by molar-refractivity contribution is 7.08. The first-order valence-electron chi connectivity index (χ1n) is 12.0. The van der Waals surface area contributed by atoms with E-state index in [0.29, 0.717) is 22.7 Å². The van der Waals surface area contributed by atoms with Gasteiger partial charge in [0.15, 0.2) is 0 Å². The van der Waals surface area contributed by atoms with Gasteiger partial charge in [-0.2, -0.15) is 11.3 Å². The number of anilines is 1. The van der Waals surface area contributed by atoms with Crippen molar-refractivity contribution in [1.82, 2.24) is 0 Å². The molecule has 0 spiro atoms. The number of nitrogens with one attached hydrogen (secondary N) is 1.